The molecule has 0 unspecified atom stereocenters. The van der Waals surface area contributed by atoms with Gasteiger partial charge in [0.15, 0.2) is 5.65 Å². The van der Waals surface area contributed by atoms with Crippen LogP contribution in [0.4, 0.5) is 10.2 Å². The Morgan fingerprint density at radius 1 is 1.07 bits per heavy atom. The van der Waals surface area contributed by atoms with Gasteiger partial charge in [-0.1, -0.05) is 35.9 Å². The standard InChI is InChI=1S/C21H20ClFN6/c1-2-27-8-10-28(11-9-27)20-17-13-15(22)6-7-18(17)29-21(24-20)19(25-26-29)14-4-3-5-16(23)12-14/h3-7,12-13H,2,8-11H2,1H3. The topological polar surface area (TPSA) is 49.6 Å². The molecule has 29 heavy (non-hydrogen) atoms. The molecular weight excluding hydrogens is 391 g/mol. The molecule has 0 radical (unpaired) electrons. The molecule has 0 N–H and O–H groups in total. The van der Waals surface area contributed by atoms with Crippen LogP contribution in [0.3, 0.4) is 0 Å². The number of benzene rings is 2. The molecule has 1 aliphatic heterocycles. The van der Waals surface area contributed by atoms with Crippen LogP contribution in [0.1, 0.15) is 6.92 Å². The smallest absolute Gasteiger partial charge is 0.186 e. The Morgan fingerprint density at radius 3 is 2.66 bits per heavy atom. The minimum Gasteiger partial charge on any atom is -0.353 e. The number of likely N-dealkylation sites (N-methyl/N-ethyl adjacent to an activating group) is 1. The van der Waals surface area contributed by atoms with Crippen LogP contribution < -0.4 is 4.90 Å². The third-order valence-electron chi connectivity index (χ3n) is 5.50. The third-order valence-corrected chi connectivity index (χ3v) is 5.74. The van der Waals surface area contributed by atoms with Gasteiger partial charge in [0.2, 0.25) is 0 Å². The normalized spacial score (nSPS) is 15.5. The molecule has 0 atom stereocenters. The van der Waals surface area contributed by atoms with E-state index in [9.17, 15) is 4.39 Å². The first-order chi connectivity index (χ1) is 14.1. The molecule has 0 amide bonds. The number of hydrogen-bond acceptors (Lipinski definition) is 5. The Hall–Kier alpha value is -2.77. The van der Waals surface area contributed by atoms with Crippen molar-refractivity contribution >= 4 is 34.0 Å². The highest BCUT2D eigenvalue weighted by molar-refractivity contribution is 6.31. The van der Waals surface area contributed by atoms with Crippen molar-refractivity contribution in [1.82, 2.24) is 24.7 Å². The van der Waals surface area contributed by atoms with Crippen LogP contribution >= 0.6 is 11.6 Å². The van der Waals surface area contributed by atoms with Gasteiger partial charge in [-0.3, -0.25) is 0 Å². The van der Waals surface area contributed by atoms with Gasteiger partial charge in [0.05, 0.1) is 5.52 Å². The zero-order chi connectivity index (χ0) is 20.0. The van der Waals surface area contributed by atoms with E-state index in [0.29, 0.717) is 21.9 Å². The van der Waals surface area contributed by atoms with Crippen molar-refractivity contribution in [1.29, 1.82) is 0 Å². The quantitative estimate of drug-likeness (QED) is 0.513. The number of rotatable bonds is 3. The monoisotopic (exact) mass is 410 g/mol. The van der Waals surface area contributed by atoms with E-state index in [1.165, 1.54) is 12.1 Å². The first-order valence-electron chi connectivity index (χ1n) is 9.72. The molecule has 2 aromatic carbocycles. The van der Waals surface area contributed by atoms with Crippen molar-refractivity contribution in [3.8, 4) is 11.3 Å². The molecule has 6 nitrogen and oxygen atoms in total. The SMILES string of the molecule is CCN1CCN(c2nc3c(-c4cccc(F)c4)nnn3c3ccc(Cl)cc23)CC1. The van der Waals surface area contributed by atoms with Gasteiger partial charge in [0, 0.05) is 42.2 Å². The number of aromatic nitrogens is 4. The van der Waals surface area contributed by atoms with Crippen LogP contribution in [0.15, 0.2) is 42.5 Å². The van der Waals surface area contributed by atoms with Crippen LogP contribution in [0.2, 0.25) is 5.02 Å². The van der Waals surface area contributed by atoms with Crippen molar-refractivity contribution in [2.45, 2.75) is 6.92 Å². The Balaban J connectivity index is 1.72. The molecule has 8 heteroatoms. The first kappa shape index (κ1) is 18.3. The summed E-state index contributed by atoms with van der Waals surface area (Å²) in [5.74, 6) is 0.554. The summed E-state index contributed by atoms with van der Waals surface area (Å²) >= 11 is 6.30. The summed E-state index contributed by atoms with van der Waals surface area (Å²) in [5, 5.41) is 10.2. The Labute approximate surface area is 172 Å². The van der Waals surface area contributed by atoms with E-state index >= 15 is 0 Å². The van der Waals surface area contributed by atoms with Gasteiger partial charge < -0.3 is 9.80 Å². The number of piperazine rings is 1. The second-order valence-electron chi connectivity index (χ2n) is 7.20. The molecule has 2 aromatic heterocycles. The lowest BCUT2D eigenvalue weighted by Gasteiger charge is -2.35. The largest absolute Gasteiger partial charge is 0.353 e. The predicted octanol–water partition coefficient (Wildman–Crippen LogP) is 3.88. The summed E-state index contributed by atoms with van der Waals surface area (Å²) in [7, 11) is 0. The van der Waals surface area contributed by atoms with Gasteiger partial charge in [-0.2, -0.15) is 4.52 Å². The van der Waals surface area contributed by atoms with Gasteiger partial charge in [-0.25, -0.2) is 9.37 Å². The highest BCUT2D eigenvalue weighted by Crippen LogP contribution is 2.32. The summed E-state index contributed by atoms with van der Waals surface area (Å²) in [6.07, 6.45) is 0. The first-order valence-corrected chi connectivity index (χ1v) is 10.1. The molecule has 148 valence electrons. The Morgan fingerprint density at radius 2 is 1.90 bits per heavy atom. The van der Waals surface area contributed by atoms with E-state index in [4.69, 9.17) is 16.6 Å². The van der Waals surface area contributed by atoms with Crippen LogP contribution in [-0.2, 0) is 0 Å². The highest BCUT2D eigenvalue weighted by Gasteiger charge is 2.22. The maximum atomic E-state index is 13.8. The molecule has 1 aliphatic rings. The third kappa shape index (κ3) is 3.20. The van der Waals surface area contributed by atoms with Crippen molar-refractivity contribution in [3.05, 3.63) is 53.3 Å². The average Bonchev–Trinajstić information content (AvgIpc) is 3.17. The van der Waals surface area contributed by atoms with Crippen LogP contribution in [0.25, 0.3) is 27.8 Å². The summed E-state index contributed by atoms with van der Waals surface area (Å²) in [6.45, 7) is 6.96. The minimum atomic E-state index is -0.313. The summed E-state index contributed by atoms with van der Waals surface area (Å²) < 4.78 is 15.5. The van der Waals surface area contributed by atoms with Gasteiger partial charge in [0.1, 0.15) is 17.3 Å². The molecule has 1 fully saturated rings. The van der Waals surface area contributed by atoms with Crippen molar-refractivity contribution in [3.63, 3.8) is 0 Å². The summed E-state index contributed by atoms with van der Waals surface area (Å²) in [6, 6.07) is 12.1. The predicted molar refractivity (Wildman–Crippen MR) is 113 cm³/mol. The lowest BCUT2D eigenvalue weighted by Crippen LogP contribution is -2.46. The molecule has 5 rings (SSSR count). The van der Waals surface area contributed by atoms with Gasteiger partial charge >= 0.3 is 0 Å². The van der Waals surface area contributed by atoms with E-state index in [1.54, 1.807) is 10.6 Å². The molecule has 0 aliphatic carbocycles. The number of hydrogen-bond donors (Lipinski definition) is 0. The fourth-order valence-electron chi connectivity index (χ4n) is 3.91. The van der Waals surface area contributed by atoms with E-state index < -0.39 is 0 Å². The van der Waals surface area contributed by atoms with Crippen LogP contribution in [-0.4, -0.2) is 57.4 Å². The van der Waals surface area contributed by atoms with Crippen molar-refractivity contribution in [2.75, 3.05) is 37.6 Å². The number of halogens is 2. The Kier molecular flexibility index (Phi) is 4.56. The number of nitrogens with zero attached hydrogens (tertiary/aromatic N) is 6. The summed E-state index contributed by atoms with van der Waals surface area (Å²) in [4.78, 5) is 9.65. The molecule has 0 saturated carbocycles. The molecular formula is C21H20ClFN6. The van der Waals surface area contributed by atoms with Crippen molar-refractivity contribution in [2.24, 2.45) is 0 Å². The Bertz CT molecular complexity index is 1200. The maximum absolute atomic E-state index is 13.8. The lowest BCUT2D eigenvalue weighted by atomic mass is 10.1. The molecule has 4 aromatic rings. The van der Waals surface area contributed by atoms with Crippen LogP contribution in [0, 0.1) is 5.82 Å². The number of anilines is 1. The fourth-order valence-corrected chi connectivity index (χ4v) is 4.08. The molecule has 0 spiro atoms. The highest BCUT2D eigenvalue weighted by atomic mass is 35.5. The zero-order valence-corrected chi connectivity index (χ0v) is 16.8. The van der Waals surface area contributed by atoms with E-state index in [0.717, 1.165) is 49.4 Å². The molecule has 3 heterocycles. The van der Waals surface area contributed by atoms with E-state index in [-0.39, 0.29) is 5.82 Å². The van der Waals surface area contributed by atoms with Crippen molar-refractivity contribution < 1.29 is 4.39 Å². The second-order valence-corrected chi connectivity index (χ2v) is 7.64. The van der Waals surface area contributed by atoms with Gasteiger partial charge in [0.25, 0.3) is 0 Å². The lowest BCUT2D eigenvalue weighted by molar-refractivity contribution is 0.271. The molecule has 0 bridgehead atoms. The van der Waals surface area contributed by atoms with Gasteiger partial charge in [-0.05, 0) is 36.9 Å². The number of fused-ring (bicyclic) bond motifs is 3. The minimum absolute atomic E-state index is 0.313. The zero-order valence-electron chi connectivity index (χ0n) is 16.0. The fraction of sp³-hybridized carbons (Fsp3) is 0.286. The van der Waals surface area contributed by atoms with E-state index in [1.807, 2.05) is 24.3 Å². The average molecular weight is 411 g/mol. The summed E-state index contributed by atoms with van der Waals surface area (Å²) in [5.41, 5.74) is 2.71. The van der Waals surface area contributed by atoms with Crippen LogP contribution in [0.5, 0.6) is 0 Å². The molecule has 1 saturated heterocycles. The van der Waals surface area contributed by atoms with Gasteiger partial charge in [-0.15, -0.1) is 5.10 Å². The maximum Gasteiger partial charge on any atom is 0.186 e. The van der Waals surface area contributed by atoms with E-state index in [2.05, 4.69) is 27.0 Å². The second kappa shape index (κ2) is 7.24.